The normalized spacial score (nSPS) is 22.9. The van der Waals surface area contributed by atoms with Crippen molar-refractivity contribution in [2.75, 3.05) is 0 Å². The molecule has 0 aliphatic heterocycles. The summed E-state index contributed by atoms with van der Waals surface area (Å²) in [6.45, 7) is 6.63. The molecular formula is C18H26O3. The van der Waals surface area contributed by atoms with Crippen molar-refractivity contribution in [1.82, 2.24) is 0 Å². The maximum atomic E-state index is 12.5. The van der Waals surface area contributed by atoms with E-state index < -0.39 is 0 Å². The van der Waals surface area contributed by atoms with Crippen LogP contribution in [-0.2, 0) is 11.4 Å². The van der Waals surface area contributed by atoms with Gasteiger partial charge in [-0.1, -0.05) is 45.7 Å². The fourth-order valence-corrected chi connectivity index (χ4v) is 3.30. The Morgan fingerprint density at radius 3 is 2.38 bits per heavy atom. The molecule has 0 spiro atoms. The number of esters is 1. The second kappa shape index (κ2) is 6.61. The zero-order chi connectivity index (χ0) is 15.5. The fourth-order valence-electron chi connectivity index (χ4n) is 3.30. The molecule has 1 aliphatic carbocycles. The molecule has 0 amide bonds. The van der Waals surface area contributed by atoms with Crippen LogP contribution < -0.4 is 4.74 Å². The molecule has 2 rings (SSSR count). The molecule has 1 saturated carbocycles. The van der Waals surface area contributed by atoms with Gasteiger partial charge in [-0.15, -0.1) is 0 Å². The van der Waals surface area contributed by atoms with E-state index >= 15 is 0 Å². The number of aliphatic hydroxyl groups is 1. The third-order valence-corrected chi connectivity index (χ3v) is 4.51. The van der Waals surface area contributed by atoms with Gasteiger partial charge in [-0.25, -0.2) is 0 Å². The van der Waals surface area contributed by atoms with E-state index in [0.29, 0.717) is 11.7 Å². The first-order chi connectivity index (χ1) is 9.91. The molecule has 1 aliphatic rings. The highest BCUT2D eigenvalue weighted by Crippen LogP contribution is 2.42. The zero-order valence-electron chi connectivity index (χ0n) is 13.3. The lowest BCUT2D eigenvalue weighted by molar-refractivity contribution is -0.144. The molecule has 0 saturated heterocycles. The highest BCUT2D eigenvalue weighted by Gasteiger charge is 2.39. The Morgan fingerprint density at radius 1 is 1.19 bits per heavy atom. The van der Waals surface area contributed by atoms with E-state index in [2.05, 4.69) is 20.8 Å². The topological polar surface area (TPSA) is 46.5 Å². The quantitative estimate of drug-likeness (QED) is 0.677. The summed E-state index contributed by atoms with van der Waals surface area (Å²) in [6.07, 6.45) is 4.34. The van der Waals surface area contributed by atoms with Crippen LogP contribution in [0.15, 0.2) is 24.3 Å². The van der Waals surface area contributed by atoms with Crippen molar-refractivity contribution in [3.05, 3.63) is 29.8 Å². The first-order valence-electron chi connectivity index (χ1n) is 7.83. The van der Waals surface area contributed by atoms with Gasteiger partial charge in [-0.05, 0) is 41.9 Å². The van der Waals surface area contributed by atoms with Gasteiger partial charge in [0.15, 0.2) is 0 Å². The van der Waals surface area contributed by atoms with E-state index in [-0.39, 0.29) is 23.9 Å². The number of aliphatic hydroxyl groups excluding tert-OH is 1. The SMILES string of the molecule is CC(C)(C)C1CCCCC1C(=O)Oc1ccc(CO)cc1. The molecule has 3 nitrogen and oxygen atoms in total. The van der Waals surface area contributed by atoms with Gasteiger partial charge in [0.05, 0.1) is 12.5 Å². The van der Waals surface area contributed by atoms with Crippen molar-refractivity contribution in [1.29, 1.82) is 0 Å². The third kappa shape index (κ3) is 4.07. The molecule has 1 aromatic rings. The number of ether oxygens (including phenoxy) is 1. The number of benzene rings is 1. The lowest BCUT2D eigenvalue weighted by Crippen LogP contribution is -2.37. The molecule has 21 heavy (non-hydrogen) atoms. The highest BCUT2D eigenvalue weighted by atomic mass is 16.5. The van der Waals surface area contributed by atoms with Gasteiger partial charge in [0.2, 0.25) is 0 Å². The minimum atomic E-state index is -0.105. The minimum Gasteiger partial charge on any atom is -0.426 e. The van der Waals surface area contributed by atoms with Gasteiger partial charge < -0.3 is 9.84 Å². The van der Waals surface area contributed by atoms with Crippen LogP contribution in [0.5, 0.6) is 5.75 Å². The summed E-state index contributed by atoms with van der Waals surface area (Å²) in [5.41, 5.74) is 0.949. The molecule has 1 fully saturated rings. The van der Waals surface area contributed by atoms with Crippen molar-refractivity contribution in [2.45, 2.75) is 53.1 Å². The smallest absolute Gasteiger partial charge is 0.314 e. The summed E-state index contributed by atoms with van der Waals surface area (Å²) in [6, 6.07) is 7.06. The van der Waals surface area contributed by atoms with Crippen LogP contribution in [0.4, 0.5) is 0 Å². The number of carbonyl (C=O) groups excluding carboxylic acids is 1. The molecule has 2 unspecified atom stereocenters. The number of carbonyl (C=O) groups is 1. The molecule has 3 heteroatoms. The van der Waals surface area contributed by atoms with E-state index in [4.69, 9.17) is 9.84 Å². The molecular weight excluding hydrogens is 264 g/mol. The zero-order valence-corrected chi connectivity index (χ0v) is 13.3. The average molecular weight is 290 g/mol. The summed E-state index contributed by atoms with van der Waals surface area (Å²) < 4.78 is 5.56. The predicted molar refractivity (Wildman–Crippen MR) is 82.9 cm³/mol. The average Bonchev–Trinajstić information content (AvgIpc) is 2.47. The summed E-state index contributed by atoms with van der Waals surface area (Å²) in [7, 11) is 0. The molecule has 1 aromatic carbocycles. The lowest BCUT2D eigenvalue weighted by atomic mass is 9.66. The van der Waals surface area contributed by atoms with Gasteiger partial charge in [0, 0.05) is 0 Å². The first kappa shape index (κ1) is 16.0. The Bertz CT molecular complexity index is 470. The maximum Gasteiger partial charge on any atom is 0.314 e. The van der Waals surface area contributed by atoms with Crippen molar-refractivity contribution >= 4 is 5.97 Å². The Labute approximate surface area is 127 Å². The van der Waals surface area contributed by atoms with Gasteiger partial charge in [0.25, 0.3) is 0 Å². The summed E-state index contributed by atoms with van der Waals surface area (Å²) in [5.74, 6) is 0.841. The molecule has 0 aromatic heterocycles. The molecule has 0 bridgehead atoms. The number of rotatable bonds is 3. The standard InChI is InChI=1S/C18H26O3/c1-18(2,3)16-7-5-4-6-15(16)17(20)21-14-10-8-13(12-19)9-11-14/h8-11,15-16,19H,4-7,12H2,1-3H3. The third-order valence-electron chi connectivity index (χ3n) is 4.51. The van der Waals surface area contributed by atoms with Gasteiger partial charge in [0.1, 0.15) is 5.75 Å². The van der Waals surface area contributed by atoms with Crippen LogP contribution in [0.3, 0.4) is 0 Å². The van der Waals surface area contributed by atoms with Crippen molar-refractivity contribution in [3.63, 3.8) is 0 Å². The van der Waals surface area contributed by atoms with Crippen LogP contribution in [0.2, 0.25) is 0 Å². The summed E-state index contributed by atoms with van der Waals surface area (Å²) in [4.78, 5) is 12.5. The molecule has 1 N–H and O–H groups in total. The van der Waals surface area contributed by atoms with Gasteiger partial charge in [-0.2, -0.15) is 0 Å². The van der Waals surface area contributed by atoms with Crippen molar-refractivity contribution < 1.29 is 14.6 Å². The van der Waals surface area contributed by atoms with E-state index in [1.54, 1.807) is 24.3 Å². The van der Waals surface area contributed by atoms with Gasteiger partial charge >= 0.3 is 5.97 Å². The van der Waals surface area contributed by atoms with Crippen LogP contribution >= 0.6 is 0 Å². The van der Waals surface area contributed by atoms with Crippen LogP contribution in [-0.4, -0.2) is 11.1 Å². The van der Waals surface area contributed by atoms with Crippen LogP contribution in [0.25, 0.3) is 0 Å². The first-order valence-corrected chi connectivity index (χ1v) is 7.83. The minimum absolute atomic E-state index is 0.00293. The molecule has 2 atom stereocenters. The van der Waals surface area contributed by atoms with Crippen LogP contribution in [0.1, 0.15) is 52.0 Å². The molecule has 0 radical (unpaired) electrons. The fraction of sp³-hybridized carbons (Fsp3) is 0.611. The number of hydrogen-bond donors (Lipinski definition) is 1. The number of hydrogen-bond acceptors (Lipinski definition) is 3. The Kier molecular flexibility index (Phi) is 5.04. The van der Waals surface area contributed by atoms with Crippen LogP contribution in [0, 0.1) is 17.3 Å². The highest BCUT2D eigenvalue weighted by molar-refractivity contribution is 5.75. The van der Waals surface area contributed by atoms with E-state index in [1.165, 1.54) is 6.42 Å². The predicted octanol–water partition coefficient (Wildman–Crippen LogP) is 3.94. The van der Waals surface area contributed by atoms with E-state index in [0.717, 1.165) is 24.8 Å². The molecule has 0 heterocycles. The lowest BCUT2D eigenvalue weighted by Gasteiger charge is -2.39. The Balaban J connectivity index is 2.06. The maximum absolute atomic E-state index is 12.5. The monoisotopic (exact) mass is 290 g/mol. The Morgan fingerprint density at radius 2 is 1.81 bits per heavy atom. The van der Waals surface area contributed by atoms with Crippen molar-refractivity contribution in [2.24, 2.45) is 17.3 Å². The Hall–Kier alpha value is -1.35. The second-order valence-electron chi connectivity index (χ2n) is 7.09. The van der Waals surface area contributed by atoms with E-state index in [9.17, 15) is 4.79 Å². The van der Waals surface area contributed by atoms with E-state index in [1.807, 2.05) is 0 Å². The summed E-state index contributed by atoms with van der Waals surface area (Å²) in [5, 5.41) is 9.03. The largest absolute Gasteiger partial charge is 0.426 e. The second-order valence-corrected chi connectivity index (χ2v) is 7.09. The molecule has 116 valence electrons. The van der Waals surface area contributed by atoms with Crippen molar-refractivity contribution in [3.8, 4) is 5.75 Å². The van der Waals surface area contributed by atoms with Gasteiger partial charge in [-0.3, -0.25) is 4.79 Å². The summed E-state index contributed by atoms with van der Waals surface area (Å²) >= 11 is 0.